The van der Waals surface area contributed by atoms with Gasteiger partial charge in [-0.3, -0.25) is 4.79 Å². The number of nitrogens with zero attached hydrogens (tertiary/aromatic N) is 2. The minimum Gasteiger partial charge on any atom is -0.497 e. The first-order valence-electron chi connectivity index (χ1n) is 8.77. The van der Waals surface area contributed by atoms with Gasteiger partial charge in [0.15, 0.2) is 5.13 Å². The highest BCUT2D eigenvalue weighted by atomic mass is 32.1. The maximum absolute atomic E-state index is 12.4. The molecule has 7 heteroatoms. The lowest BCUT2D eigenvalue weighted by Crippen LogP contribution is -2.53. The molecular weight excluding hydrogens is 362 g/mol. The molecule has 3 aromatic rings. The zero-order valence-electron chi connectivity index (χ0n) is 15.3. The largest absolute Gasteiger partial charge is 0.497 e. The second-order valence-electron chi connectivity index (χ2n) is 6.47. The topological polar surface area (TPSA) is 63.7 Å². The number of carbonyl (C=O) groups is 1. The van der Waals surface area contributed by atoms with E-state index in [1.807, 2.05) is 42.5 Å². The van der Waals surface area contributed by atoms with E-state index in [2.05, 4.69) is 15.2 Å². The molecule has 1 aromatic heterocycles. The molecule has 1 aliphatic heterocycles. The second kappa shape index (κ2) is 7.44. The number of fused-ring (bicyclic) bond motifs is 1. The SMILES string of the molecule is COc1cccc(CNC(=O)C2CN(c3nc4c(OC)cccc4s3)C2)c1. The van der Waals surface area contributed by atoms with E-state index in [9.17, 15) is 4.79 Å². The first-order valence-corrected chi connectivity index (χ1v) is 9.58. The smallest absolute Gasteiger partial charge is 0.226 e. The van der Waals surface area contributed by atoms with Crippen LogP contribution in [-0.4, -0.2) is 38.2 Å². The number of benzene rings is 2. The molecule has 27 heavy (non-hydrogen) atoms. The Morgan fingerprint density at radius 3 is 2.81 bits per heavy atom. The van der Waals surface area contributed by atoms with Crippen LogP contribution in [0.5, 0.6) is 11.5 Å². The molecule has 140 valence electrons. The standard InChI is InChI=1S/C20H21N3O3S/c1-25-15-6-3-5-13(9-15)10-21-19(24)14-11-23(12-14)20-22-18-16(26-2)7-4-8-17(18)27-20/h3-9,14H,10-12H2,1-2H3,(H,21,24). The summed E-state index contributed by atoms with van der Waals surface area (Å²) in [7, 11) is 3.29. The van der Waals surface area contributed by atoms with Crippen LogP contribution >= 0.6 is 11.3 Å². The molecule has 0 aliphatic carbocycles. The quantitative estimate of drug-likeness (QED) is 0.709. The van der Waals surface area contributed by atoms with E-state index in [1.165, 1.54) is 0 Å². The molecule has 0 spiro atoms. The molecular formula is C20H21N3O3S. The number of ether oxygens (including phenoxy) is 2. The summed E-state index contributed by atoms with van der Waals surface area (Å²) < 4.78 is 11.7. The zero-order valence-corrected chi connectivity index (χ0v) is 16.1. The Hall–Kier alpha value is -2.80. The van der Waals surface area contributed by atoms with E-state index in [4.69, 9.17) is 9.47 Å². The van der Waals surface area contributed by atoms with Crippen molar-refractivity contribution in [1.82, 2.24) is 10.3 Å². The third-order valence-electron chi connectivity index (χ3n) is 4.71. The lowest BCUT2D eigenvalue weighted by molar-refractivity contribution is -0.125. The first kappa shape index (κ1) is 17.6. The number of nitrogens with one attached hydrogen (secondary N) is 1. The number of thiazole rings is 1. The maximum Gasteiger partial charge on any atom is 0.226 e. The molecule has 6 nitrogen and oxygen atoms in total. The van der Waals surface area contributed by atoms with Crippen molar-refractivity contribution in [2.24, 2.45) is 5.92 Å². The minimum absolute atomic E-state index is 0.00971. The van der Waals surface area contributed by atoms with E-state index >= 15 is 0 Å². The van der Waals surface area contributed by atoms with Crippen LogP contribution in [0.15, 0.2) is 42.5 Å². The lowest BCUT2D eigenvalue weighted by atomic mass is 10.00. The number of carbonyl (C=O) groups excluding carboxylic acids is 1. The third kappa shape index (κ3) is 3.55. The van der Waals surface area contributed by atoms with Crippen LogP contribution in [0.2, 0.25) is 0 Å². The number of rotatable bonds is 6. The van der Waals surface area contributed by atoms with E-state index in [0.29, 0.717) is 19.6 Å². The van der Waals surface area contributed by atoms with Crippen LogP contribution in [0.1, 0.15) is 5.56 Å². The molecule has 0 saturated carbocycles. The average Bonchev–Trinajstić information content (AvgIpc) is 3.09. The summed E-state index contributed by atoms with van der Waals surface area (Å²) in [6.07, 6.45) is 0. The molecule has 0 radical (unpaired) electrons. The van der Waals surface area contributed by atoms with E-state index in [-0.39, 0.29) is 11.8 Å². The monoisotopic (exact) mass is 383 g/mol. The van der Waals surface area contributed by atoms with Crippen LogP contribution in [0, 0.1) is 5.92 Å². The Labute approximate surface area is 161 Å². The molecule has 1 amide bonds. The van der Waals surface area contributed by atoms with Gasteiger partial charge in [0.05, 0.1) is 24.8 Å². The van der Waals surface area contributed by atoms with Crippen LogP contribution in [-0.2, 0) is 11.3 Å². The third-order valence-corrected chi connectivity index (χ3v) is 5.80. The van der Waals surface area contributed by atoms with Crippen molar-refractivity contribution in [2.75, 3.05) is 32.2 Å². The van der Waals surface area contributed by atoms with Crippen molar-refractivity contribution in [2.45, 2.75) is 6.54 Å². The molecule has 1 saturated heterocycles. The number of aromatic nitrogens is 1. The maximum atomic E-state index is 12.4. The normalized spacial score (nSPS) is 14.1. The van der Waals surface area contributed by atoms with Gasteiger partial charge in [0.25, 0.3) is 0 Å². The van der Waals surface area contributed by atoms with Crippen molar-refractivity contribution in [1.29, 1.82) is 0 Å². The van der Waals surface area contributed by atoms with E-state index < -0.39 is 0 Å². The number of methoxy groups -OCH3 is 2. The summed E-state index contributed by atoms with van der Waals surface area (Å²) in [5.74, 6) is 1.64. The molecule has 0 atom stereocenters. The Morgan fingerprint density at radius 2 is 2.04 bits per heavy atom. The summed E-state index contributed by atoms with van der Waals surface area (Å²) in [4.78, 5) is 19.2. The Kier molecular flexibility index (Phi) is 4.85. The van der Waals surface area contributed by atoms with Crippen LogP contribution < -0.4 is 19.7 Å². The summed E-state index contributed by atoms with van der Waals surface area (Å²) in [5, 5.41) is 3.95. The van der Waals surface area contributed by atoms with Crippen LogP contribution in [0.4, 0.5) is 5.13 Å². The number of anilines is 1. The van der Waals surface area contributed by atoms with Gasteiger partial charge in [-0.05, 0) is 29.8 Å². The van der Waals surface area contributed by atoms with Gasteiger partial charge in [0.2, 0.25) is 5.91 Å². The summed E-state index contributed by atoms with van der Waals surface area (Å²) >= 11 is 1.63. The molecule has 4 rings (SSSR count). The average molecular weight is 383 g/mol. The van der Waals surface area contributed by atoms with Gasteiger partial charge >= 0.3 is 0 Å². The second-order valence-corrected chi connectivity index (χ2v) is 7.48. The van der Waals surface area contributed by atoms with E-state index in [1.54, 1.807) is 25.6 Å². The fraction of sp³-hybridized carbons (Fsp3) is 0.300. The highest BCUT2D eigenvalue weighted by Gasteiger charge is 2.34. The van der Waals surface area contributed by atoms with Crippen molar-refractivity contribution >= 4 is 32.6 Å². The predicted molar refractivity (Wildman–Crippen MR) is 107 cm³/mol. The summed E-state index contributed by atoms with van der Waals surface area (Å²) in [6, 6.07) is 13.6. The molecule has 1 aliphatic rings. The number of hydrogen-bond acceptors (Lipinski definition) is 6. The van der Waals surface area contributed by atoms with Gasteiger partial charge in [-0.2, -0.15) is 0 Å². The van der Waals surface area contributed by atoms with Crippen LogP contribution in [0.3, 0.4) is 0 Å². The van der Waals surface area contributed by atoms with E-state index in [0.717, 1.165) is 32.4 Å². The van der Waals surface area contributed by atoms with Crippen LogP contribution in [0.25, 0.3) is 10.2 Å². The Bertz CT molecular complexity index is 966. The van der Waals surface area contributed by atoms with Gasteiger partial charge in [0.1, 0.15) is 17.0 Å². The Balaban J connectivity index is 1.34. The molecule has 2 aromatic carbocycles. The first-order chi connectivity index (χ1) is 13.2. The highest BCUT2D eigenvalue weighted by Crippen LogP contribution is 2.36. The summed E-state index contributed by atoms with van der Waals surface area (Å²) in [5.41, 5.74) is 1.91. The number of para-hydroxylation sites is 1. The molecule has 0 bridgehead atoms. The number of amides is 1. The van der Waals surface area contributed by atoms with Gasteiger partial charge < -0.3 is 19.7 Å². The van der Waals surface area contributed by atoms with Crippen molar-refractivity contribution in [3.05, 3.63) is 48.0 Å². The molecule has 1 N–H and O–H groups in total. The van der Waals surface area contributed by atoms with Gasteiger partial charge in [0, 0.05) is 19.6 Å². The van der Waals surface area contributed by atoms with Gasteiger partial charge in [-0.25, -0.2) is 4.98 Å². The van der Waals surface area contributed by atoms with Crippen molar-refractivity contribution in [3.63, 3.8) is 0 Å². The minimum atomic E-state index is -0.00971. The van der Waals surface area contributed by atoms with Gasteiger partial charge in [-0.15, -0.1) is 0 Å². The summed E-state index contributed by atoms with van der Waals surface area (Å²) in [6.45, 7) is 1.88. The lowest BCUT2D eigenvalue weighted by Gasteiger charge is -2.37. The van der Waals surface area contributed by atoms with Crippen molar-refractivity contribution in [3.8, 4) is 11.5 Å². The number of hydrogen-bond donors (Lipinski definition) is 1. The predicted octanol–water partition coefficient (Wildman–Crippen LogP) is 3.07. The van der Waals surface area contributed by atoms with Crippen molar-refractivity contribution < 1.29 is 14.3 Å². The molecule has 1 fully saturated rings. The fourth-order valence-corrected chi connectivity index (χ4v) is 4.13. The van der Waals surface area contributed by atoms with Gasteiger partial charge in [-0.1, -0.05) is 29.5 Å². The fourth-order valence-electron chi connectivity index (χ4n) is 3.13. The molecule has 0 unspecified atom stereocenters. The Morgan fingerprint density at radius 1 is 1.22 bits per heavy atom. The zero-order chi connectivity index (χ0) is 18.8. The molecule has 2 heterocycles. The highest BCUT2D eigenvalue weighted by molar-refractivity contribution is 7.22.